The van der Waals surface area contributed by atoms with Gasteiger partial charge in [0, 0.05) is 11.8 Å². The summed E-state index contributed by atoms with van der Waals surface area (Å²) in [7, 11) is 0. The van der Waals surface area contributed by atoms with Gasteiger partial charge in [-0.1, -0.05) is 25.1 Å². The molecule has 0 aromatic heterocycles. The summed E-state index contributed by atoms with van der Waals surface area (Å²) < 4.78 is 5.85. The van der Waals surface area contributed by atoms with Gasteiger partial charge in [0.25, 0.3) is 0 Å². The standard InChI is InChI=1S/C14H20O3/c1-2-14(9-15,10-16)8-12-7-11-5-3-4-6-13(11)17-12/h3-6,12,15-16H,2,7-10H2,1H3. The number of aliphatic hydroxyl groups excluding tert-OH is 2. The maximum Gasteiger partial charge on any atom is 0.123 e. The Morgan fingerprint density at radius 2 is 2.00 bits per heavy atom. The molecular weight excluding hydrogens is 216 g/mol. The summed E-state index contributed by atoms with van der Waals surface area (Å²) in [5.74, 6) is 0.943. The Balaban J connectivity index is 2.04. The highest BCUT2D eigenvalue weighted by Crippen LogP contribution is 2.35. The maximum absolute atomic E-state index is 9.44. The smallest absolute Gasteiger partial charge is 0.123 e. The third-order valence-electron chi connectivity index (χ3n) is 3.80. The number of ether oxygens (including phenoxy) is 1. The molecule has 0 bridgehead atoms. The van der Waals surface area contributed by atoms with Gasteiger partial charge >= 0.3 is 0 Å². The molecule has 1 heterocycles. The molecule has 94 valence electrons. The highest BCUT2D eigenvalue weighted by molar-refractivity contribution is 5.37. The number of fused-ring (bicyclic) bond motifs is 1. The van der Waals surface area contributed by atoms with E-state index in [9.17, 15) is 10.2 Å². The lowest BCUT2D eigenvalue weighted by Crippen LogP contribution is -2.35. The van der Waals surface area contributed by atoms with Crippen LogP contribution in [0.15, 0.2) is 24.3 Å². The minimum absolute atomic E-state index is 0.0101. The lowest BCUT2D eigenvalue weighted by molar-refractivity contribution is 0.0154. The first-order valence-electron chi connectivity index (χ1n) is 6.19. The van der Waals surface area contributed by atoms with E-state index in [1.54, 1.807) is 0 Å². The maximum atomic E-state index is 9.44. The SMILES string of the molecule is CCC(CO)(CO)CC1Cc2ccccc2O1. The van der Waals surface area contributed by atoms with Crippen LogP contribution in [-0.4, -0.2) is 29.5 Å². The van der Waals surface area contributed by atoms with E-state index in [0.29, 0.717) is 6.42 Å². The van der Waals surface area contributed by atoms with Crippen molar-refractivity contribution >= 4 is 0 Å². The Hall–Kier alpha value is -1.06. The number of hydrogen-bond donors (Lipinski definition) is 2. The largest absolute Gasteiger partial charge is 0.490 e. The van der Waals surface area contributed by atoms with E-state index in [1.165, 1.54) is 5.56 Å². The van der Waals surface area contributed by atoms with Crippen LogP contribution in [0.2, 0.25) is 0 Å². The fourth-order valence-electron chi connectivity index (χ4n) is 2.40. The van der Waals surface area contributed by atoms with Crippen LogP contribution in [0.5, 0.6) is 5.75 Å². The van der Waals surface area contributed by atoms with Crippen LogP contribution in [0.25, 0.3) is 0 Å². The molecule has 0 spiro atoms. The Morgan fingerprint density at radius 1 is 1.29 bits per heavy atom. The van der Waals surface area contributed by atoms with Gasteiger partial charge < -0.3 is 14.9 Å². The fraction of sp³-hybridized carbons (Fsp3) is 0.571. The molecule has 2 N–H and O–H groups in total. The molecule has 1 atom stereocenters. The fourth-order valence-corrected chi connectivity index (χ4v) is 2.40. The van der Waals surface area contributed by atoms with Crippen LogP contribution >= 0.6 is 0 Å². The second-order valence-corrected chi connectivity index (χ2v) is 4.93. The molecule has 0 fully saturated rings. The van der Waals surface area contributed by atoms with Gasteiger partial charge in [-0.15, -0.1) is 0 Å². The normalized spacial score (nSPS) is 18.9. The molecule has 17 heavy (non-hydrogen) atoms. The number of para-hydroxylation sites is 1. The van der Waals surface area contributed by atoms with Gasteiger partial charge in [0.05, 0.1) is 13.2 Å². The monoisotopic (exact) mass is 236 g/mol. The molecule has 3 nitrogen and oxygen atoms in total. The summed E-state index contributed by atoms with van der Waals surface area (Å²) in [4.78, 5) is 0. The molecule has 3 heteroatoms. The van der Waals surface area contributed by atoms with Crippen molar-refractivity contribution in [3.63, 3.8) is 0 Å². The molecule has 0 aliphatic carbocycles. The van der Waals surface area contributed by atoms with Crippen LogP contribution in [0.1, 0.15) is 25.3 Å². The summed E-state index contributed by atoms with van der Waals surface area (Å²) in [6, 6.07) is 8.02. The number of rotatable bonds is 5. The quantitative estimate of drug-likeness (QED) is 0.819. The van der Waals surface area contributed by atoms with Gasteiger partial charge in [0.2, 0.25) is 0 Å². The van der Waals surface area contributed by atoms with Crippen molar-refractivity contribution in [2.24, 2.45) is 5.41 Å². The van der Waals surface area contributed by atoms with E-state index in [2.05, 4.69) is 6.07 Å². The second-order valence-electron chi connectivity index (χ2n) is 4.93. The van der Waals surface area contributed by atoms with Gasteiger partial charge in [0.15, 0.2) is 0 Å². The average molecular weight is 236 g/mol. The molecule has 1 aromatic rings. The summed E-state index contributed by atoms with van der Waals surface area (Å²) in [5, 5.41) is 18.9. The van der Waals surface area contributed by atoms with Gasteiger partial charge in [-0.05, 0) is 24.5 Å². The minimum atomic E-state index is -0.410. The predicted octanol–water partition coefficient (Wildman–Crippen LogP) is 1.76. The van der Waals surface area contributed by atoms with E-state index in [1.807, 2.05) is 25.1 Å². The van der Waals surface area contributed by atoms with Crippen molar-refractivity contribution in [3.05, 3.63) is 29.8 Å². The topological polar surface area (TPSA) is 49.7 Å². The molecule has 1 aromatic carbocycles. The Bertz CT molecular complexity index is 338. The van der Waals surface area contributed by atoms with Crippen molar-refractivity contribution in [1.29, 1.82) is 0 Å². The van der Waals surface area contributed by atoms with E-state index in [4.69, 9.17) is 4.74 Å². The first-order chi connectivity index (χ1) is 8.23. The zero-order valence-electron chi connectivity index (χ0n) is 10.2. The third-order valence-corrected chi connectivity index (χ3v) is 3.80. The Labute approximate surface area is 102 Å². The van der Waals surface area contributed by atoms with E-state index in [0.717, 1.165) is 18.6 Å². The van der Waals surface area contributed by atoms with Crippen LogP contribution in [0, 0.1) is 5.41 Å². The van der Waals surface area contributed by atoms with Crippen molar-refractivity contribution in [2.45, 2.75) is 32.3 Å². The van der Waals surface area contributed by atoms with Crippen LogP contribution in [0.4, 0.5) is 0 Å². The van der Waals surface area contributed by atoms with Crippen molar-refractivity contribution in [1.82, 2.24) is 0 Å². The number of benzene rings is 1. The highest BCUT2D eigenvalue weighted by atomic mass is 16.5. The summed E-state index contributed by atoms with van der Waals surface area (Å²) in [5.41, 5.74) is 0.811. The summed E-state index contributed by atoms with van der Waals surface area (Å²) >= 11 is 0. The van der Waals surface area contributed by atoms with Crippen LogP contribution in [0.3, 0.4) is 0 Å². The van der Waals surface area contributed by atoms with Gasteiger partial charge in [-0.25, -0.2) is 0 Å². The summed E-state index contributed by atoms with van der Waals surface area (Å²) in [6.45, 7) is 2.01. The van der Waals surface area contributed by atoms with Gasteiger partial charge in [-0.3, -0.25) is 0 Å². The third kappa shape index (κ3) is 2.45. The molecule has 2 rings (SSSR count). The average Bonchev–Trinajstić information content (AvgIpc) is 2.78. The van der Waals surface area contributed by atoms with Gasteiger partial charge in [0.1, 0.15) is 11.9 Å². The molecule has 1 aliphatic heterocycles. The predicted molar refractivity (Wildman–Crippen MR) is 66.1 cm³/mol. The molecule has 0 radical (unpaired) electrons. The van der Waals surface area contributed by atoms with Gasteiger partial charge in [-0.2, -0.15) is 0 Å². The first-order valence-corrected chi connectivity index (χ1v) is 6.19. The molecule has 1 aliphatic rings. The van der Waals surface area contributed by atoms with E-state index < -0.39 is 5.41 Å². The molecule has 0 amide bonds. The second kappa shape index (κ2) is 5.07. The first kappa shape index (κ1) is 12.4. The van der Waals surface area contributed by atoms with Crippen LogP contribution < -0.4 is 4.74 Å². The van der Waals surface area contributed by atoms with E-state index >= 15 is 0 Å². The van der Waals surface area contributed by atoms with Crippen molar-refractivity contribution < 1.29 is 14.9 Å². The van der Waals surface area contributed by atoms with E-state index in [-0.39, 0.29) is 19.3 Å². The van der Waals surface area contributed by atoms with Crippen molar-refractivity contribution in [2.75, 3.05) is 13.2 Å². The molecular formula is C14H20O3. The zero-order chi connectivity index (χ0) is 12.3. The Kier molecular flexibility index (Phi) is 3.69. The number of hydrogen-bond acceptors (Lipinski definition) is 3. The minimum Gasteiger partial charge on any atom is -0.490 e. The summed E-state index contributed by atoms with van der Waals surface area (Å²) in [6.07, 6.45) is 2.41. The van der Waals surface area contributed by atoms with Crippen molar-refractivity contribution in [3.8, 4) is 5.75 Å². The van der Waals surface area contributed by atoms with Crippen LogP contribution in [-0.2, 0) is 6.42 Å². The lowest BCUT2D eigenvalue weighted by Gasteiger charge is -2.30. The highest BCUT2D eigenvalue weighted by Gasteiger charge is 2.34. The number of aliphatic hydroxyl groups is 2. The Morgan fingerprint density at radius 3 is 2.59 bits per heavy atom. The lowest BCUT2D eigenvalue weighted by atomic mass is 9.80. The zero-order valence-corrected chi connectivity index (χ0v) is 10.2. The molecule has 1 unspecified atom stereocenters. The molecule has 0 saturated carbocycles. The molecule has 0 saturated heterocycles.